The van der Waals surface area contributed by atoms with Crippen molar-refractivity contribution in [3.63, 3.8) is 0 Å². The van der Waals surface area contributed by atoms with Crippen LogP contribution in [0.2, 0.25) is 0 Å². The minimum Gasteiger partial charge on any atom is -0.504 e. The van der Waals surface area contributed by atoms with Gasteiger partial charge in [-0.25, -0.2) is 0 Å². The number of ether oxygens (including phenoxy) is 1. The van der Waals surface area contributed by atoms with Gasteiger partial charge in [0.05, 0.1) is 6.61 Å². The largest absolute Gasteiger partial charge is 0.504 e. The molecule has 1 rings (SSSR count). The standard InChI is InChI=1S/C14H21NO2/c1-4-15-11(3)6-7-12-8-9-13(16)14(10-12)17-5-2/h6-11,15-16H,4-5H2,1-3H3/b7-6+. The van der Waals surface area contributed by atoms with Crippen LogP contribution in [0.3, 0.4) is 0 Å². The lowest BCUT2D eigenvalue weighted by Gasteiger charge is -2.08. The number of benzene rings is 1. The Hall–Kier alpha value is -1.48. The third kappa shape index (κ3) is 4.49. The summed E-state index contributed by atoms with van der Waals surface area (Å²) in [5.74, 6) is 0.717. The van der Waals surface area contributed by atoms with Crippen LogP contribution in [0.25, 0.3) is 6.08 Å². The Balaban J connectivity index is 2.74. The van der Waals surface area contributed by atoms with Crippen molar-refractivity contribution >= 4 is 6.08 Å². The molecule has 0 spiro atoms. The fourth-order valence-corrected chi connectivity index (χ4v) is 1.55. The van der Waals surface area contributed by atoms with Crippen molar-refractivity contribution in [2.45, 2.75) is 26.8 Å². The molecule has 0 saturated heterocycles. The molecule has 0 aliphatic heterocycles. The Morgan fingerprint density at radius 2 is 2.18 bits per heavy atom. The maximum absolute atomic E-state index is 9.57. The maximum atomic E-state index is 9.57. The molecule has 94 valence electrons. The predicted molar refractivity (Wildman–Crippen MR) is 71.4 cm³/mol. The quantitative estimate of drug-likeness (QED) is 0.796. The molecule has 0 bridgehead atoms. The summed E-state index contributed by atoms with van der Waals surface area (Å²) in [5.41, 5.74) is 1.02. The minimum absolute atomic E-state index is 0.184. The van der Waals surface area contributed by atoms with Crippen molar-refractivity contribution in [2.75, 3.05) is 13.2 Å². The zero-order chi connectivity index (χ0) is 12.7. The third-order valence-corrected chi connectivity index (χ3v) is 2.39. The van der Waals surface area contributed by atoms with Crippen LogP contribution in [0.4, 0.5) is 0 Å². The van der Waals surface area contributed by atoms with Crippen LogP contribution in [0.15, 0.2) is 24.3 Å². The molecule has 1 aromatic rings. The lowest BCUT2D eigenvalue weighted by molar-refractivity contribution is 0.318. The predicted octanol–water partition coefficient (Wildman–Crippen LogP) is 2.80. The second-order valence-electron chi connectivity index (χ2n) is 3.87. The zero-order valence-electron chi connectivity index (χ0n) is 10.7. The highest BCUT2D eigenvalue weighted by Crippen LogP contribution is 2.27. The first-order valence-electron chi connectivity index (χ1n) is 6.04. The first-order valence-corrected chi connectivity index (χ1v) is 6.04. The molecule has 1 atom stereocenters. The Morgan fingerprint density at radius 1 is 1.41 bits per heavy atom. The van der Waals surface area contributed by atoms with E-state index < -0.39 is 0 Å². The molecular formula is C14H21NO2. The number of phenolic OH excluding ortho intramolecular Hbond substituents is 1. The summed E-state index contributed by atoms with van der Waals surface area (Å²) in [4.78, 5) is 0. The van der Waals surface area contributed by atoms with Crippen molar-refractivity contribution in [1.29, 1.82) is 0 Å². The van der Waals surface area contributed by atoms with E-state index >= 15 is 0 Å². The van der Waals surface area contributed by atoms with E-state index in [0.717, 1.165) is 12.1 Å². The Morgan fingerprint density at radius 3 is 2.82 bits per heavy atom. The molecule has 0 heterocycles. The molecule has 0 radical (unpaired) electrons. The minimum atomic E-state index is 0.184. The van der Waals surface area contributed by atoms with Gasteiger partial charge in [-0.1, -0.05) is 25.1 Å². The van der Waals surface area contributed by atoms with Crippen molar-refractivity contribution < 1.29 is 9.84 Å². The van der Waals surface area contributed by atoms with Crippen LogP contribution < -0.4 is 10.1 Å². The summed E-state index contributed by atoms with van der Waals surface area (Å²) in [5, 5.41) is 12.9. The van der Waals surface area contributed by atoms with Gasteiger partial charge in [-0.3, -0.25) is 0 Å². The number of hydrogen-bond donors (Lipinski definition) is 2. The van der Waals surface area contributed by atoms with Gasteiger partial charge >= 0.3 is 0 Å². The molecule has 1 aromatic carbocycles. The van der Waals surface area contributed by atoms with E-state index in [2.05, 4.69) is 25.2 Å². The zero-order valence-corrected chi connectivity index (χ0v) is 10.7. The van der Waals surface area contributed by atoms with Crippen molar-refractivity contribution in [3.8, 4) is 11.5 Å². The van der Waals surface area contributed by atoms with Gasteiger partial charge in [0.15, 0.2) is 11.5 Å². The second-order valence-corrected chi connectivity index (χ2v) is 3.87. The van der Waals surface area contributed by atoms with Gasteiger partial charge in [0, 0.05) is 6.04 Å². The highest BCUT2D eigenvalue weighted by molar-refractivity contribution is 5.55. The van der Waals surface area contributed by atoms with Gasteiger partial charge in [-0.05, 0) is 38.1 Å². The summed E-state index contributed by atoms with van der Waals surface area (Å²) in [6.07, 6.45) is 4.11. The Bertz CT molecular complexity index is 374. The van der Waals surface area contributed by atoms with Crippen LogP contribution in [-0.4, -0.2) is 24.3 Å². The van der Waals surface area contributed by atoms with Gasteiger partial charge in [0.2, 0.25) is 0 Å². The van der Waals surface area contributed by atoms with E-state index in [9.17, 15) is 5.11 Å². The topological polar surface area (TPSA) is 41.5 Å². The van der Waals surface area contributed by atoms with E-state index in [-0.39, 0.29) is 5.75 Å². The highest BCUT2D eigenvalue weighted by Gasteiger charge is 2.01. The number of rotatable bonds is 6. The van der Waals surface area contributed by atoms with E-state index in [1.165, 1.54) is 0 Å². The number of nitrogens with one attached hydrogen (secondary N) is 1. The number of hydrogen-bond acceptors (Lipinski definition) is 3. The van der Waals surface area contributed by atoms with Crippen LogP contribution in [-0.2, 0) is 0 Å². The number of phenols is 1. The van der Waals surface area contributed by atoms with Crippen LogP contribution >= 0.6 is 0 Å². The van der Waals surface area contributed by atoms with Crippen molar-refractivity contribution in [1.82, 2.24) is 5.32 Å². The molecule has 1 unspecified atom stereocenters. The van der Waals surface area contributed by atoms with Gasteiger partial charge in [0.1, 0.15) is 0 Å². The van der Waals surface area contributed by atoms with Crippen molar-refractivity contribution in [3.05, 3.63) is 29.8 Å². The van der Waals surface area contributed by atoms with E-state index in [0.29, 0.717) is 18.4 Å². The summed E-state index contributed by atoms with van der Waals surface area (Å²) in [6.45, 7) is 7.58. The lowest BCUT2D eigenvalue weighted by atomic mass is 10.1. The Kier molecular flexibility index (Phi) is 5.57. The average molecular weight is 235 g/mol. The van der Waals surface area contributed by atoms with Crippen LogP contribution in [0, 0.1) is 0 Å². The highest BCUT2D eigenvalue weighted by atomic mass is 16.5. The molecule has 3 nitrogen and oxygen atoms in total. The SMILES string of the molecule is CCNC(C)/C=C/c1ccc(O)c(OCC)c1. The van der Waals surface area contributed by atoms with Crippen LogP contribution in [0.1, 0.15) is 26.3 Å². The smallest absolute Gasteiger partial charge is 0.161 e. The molecule has 2 N–H and O–H groups in total. The average Bonchev–Trinajstić information content (AvgIpc) is 2.31. The van der Waals surface area contributed by atoms with Gasteiger partial charge in [0.25, 0.3) is 0 Å². The molecule has 0 amide bonds. The fraction of sp³-hybridized carbons (Fsp3) is 0.429. The molecule has 0 aliphatic rings. The summed E-state index contributed by atoms with van der Waals surface area (Å²) in [7, 11) is 0. The van der Waals surface area contributed by atoms with E-state index in [1.54, 1.807) is 6.07 Å². The number of aromatic hydroxyl groups is 1. The number of likely N-dealkylation sites (N-methyl/N-ethyl adjacent to an activating group) is 1. The first kappa shape index (κ1) is 13.6. The molecule has 0 saturated carbocycles. The first-order chi connectivity index (χ1) is 8.17. The molecule has 0 aliphatic carbocycles. The summed E-state index contributed by atoms with van der Waals surface area (Å²) < 4.78 is 5.33. The van der Waals surface area contributed by atoms with Crippen LogP contribution in [0.5, 0.6) is 11.5 Å². The maximum Gasteiger partial charge on any atom is 0.161 e. The van der Waals surface area contributed by atoms with Gasteiger partial charge in [-0.15, -0.1) is 0 Å². The second kappa shape index (κ2) is 6.97. The van der Waals surface area contributed by atoms with Gasteiger partial charge in [-0.2, -0.15) is 0 Å². The van der Waals surface area contributed by atoms with E-state index in [4.69, 9.17) is 4.74 Å². The Labute approximate surface area is 103 Å². The summed E-state index contributed by atoms with van der Waals surface area (Å²) >= 11 is 0. The fourth-order valence-electron chi connectivity index (χ4n) is 1.55. The molecule has 0 aromatic heterocycles. The summed E-state index contributed by atoms with van der Waals surface area (Å²) in [6, 6.07) is 5.70. The van der Waals surface area contributed by atoms with E-state index in [1.807, 2.05) is 25.1 Å². The third-order valence-electron chi connectivity index (χ3n) is 2.39. The normalized spacial score (nSPS) is 12.9. The molecular weight excluding hydrogens is 214 g/mol. The molecule has 3 heteroatoms. The van der Waals surface area contributed by atoms with Crippen molar-refractivity contribution in [2.24, 2.45) is 0 Å². The monoisotopic (exact) mass is 235 g/mol. The van der Waals surface area contributed by atoms with Gasteiger partial charge < -0.3 is 15.2 Å². The molecule has 17 heavy (non-hydrogen) atoms. The molecule has 0 fully saturated rings. The lowest BCUT2D eigenvalue weighted by Crippen LogP contribution is -2.22.